The number of anilines is 1. The fraction of sp³-hybridized carbons (Fsp3) is 0.524. The second-order valence-electron chi connectivity index (χ2n) is 7.39. The molecule has 0 atom stereocenters. The number of benzene rings is 1. The number of piperidine rings is 1. The van der Waals surface area contributed by atoms with Gasteiger partial charge in [0.15, 0.2) is 5.58 Å². The number of aromatic nitrogens is 4. The van der Waals surface area contributed by atoms with Crippen LogP contribution in [0.3, 0.4) is 0 Å². The summed E-state index contributed by atoms with van der Waals surface area (Å²) in [6.07, 6.45) is 3.55. The molecular weight excluding hydrogens is 370 g/mol. The third-order valence-electron chi connectivity index (χ3n) is 5.38. The second kappa shape index (κ2) is 8.63. The molecular formula is C21H27N5O3. The first kappa shape index (κ1) is 19.4. The van der Waals surface area contributed by atoms with E-state index in [1.54, 1.807) is 0 Å². The van der Waals surface area contributed by atoms with Crippen LogP contribution in [0.1, 0.15) is 37.6 Å². The molecule has 0 aliphatic carbocycles. The van der Waals surface area contributed by atoms with Gasteiger partial charge in [-0.3, -0.25) is 0 Å². The molecule has 0 unspecified atom stereocenters. The largest absolute Gasteiger partial charge is 0.493 e. The van der Waals surface area contributed by atoms with Gasteiger partial charge < -0.3 is 18.8 Å². The Morgan fingerprint density at radius 3 is 2.66 bits per heavy atom. The van der Waals surface area contributed by atoms with Crippen LogP contribution in [0.25, 0.3) is 11.1 Å². The Hall–Kier alpha value is -2.90. The summed E-state index contributed by atoms with van der Waals surface area (Å²) < 4.78 is 16.8. The van der Waals surface area contributed by atoms with Gasteiger partial charge in [0.05, 0.1) is 24.6 Å². The zero-order chi connectivity index (χ0) is 20.2. The quantitative estimate of drug-likeness (QED) is 0.596. The summed E-state index contributed by atoms with van der Waals surface area (Å²) in [7, 11) is 0. The Balaban J connectivity index is 1.25. The zero-order valence-electron chi connectivity index (χ0n) is 17.2. The molecule has 1 saturated heterocycles. The molecule has 8 heteroatoms. The number of fused-ring (bicyclic) bond motifs is 1. The lowest BCUT2D eigenvalue weighted by Crippen LogP contribution is -2.35. The van der Waals surface area contributed by atoms with Gasteiger partial charge in [-0.15, -0.1) is 5.10 Å². The Kier molecular flexibility index (Phi) is 5.78. The highest BCUT2D eigenvalue weighted by Gasteiger charge is 2.21. The fourth-order valence-corrected chi connectivity index (χ4v) is 3.50. The predicted molar refractivity (Wildman–Crippen MR) is 110 cm³/mol. The van der Waals surface area contributed by atoms with Crippen LogP contribution in [0.2, 0.25) is 0 Å². The molecule has 29 heavy (non-hydrogen) atoms. The molecule has 0 saturated carbocycles. The predicted octanol–water partition coefficient (Wildman–Crippen LogP) is 3.71. The Morgan fingerprint density at radius 1 is 1.07 bits per heavy atom. The molecule has 4 rings (SSSR count). The summed E-state index contributed by atoms with van der Waals surface area (Å²) in [5.41, 5.74) is 3.29. The van der Waals surface area contributed by atoms with Crippen molar-refractivity contribution >= 4 is 17.0 Å². The zero-order valence-corrected chi connectivity index (χ0v) is 17.2. The number of oxazole rings is 1. The van der Waals surface area contributed by atoms with Crippen molar-refractivity contribution in [2.75, 3.05) is 31.2 Å². The van der Waals surface area contributed by atoms with Gasteiger partial charge in [0.2, 0.25) is 5.95 Å². The Morgan fingerprint density at radius 2 is 1.90 bits per heavy atom. The molecule has 1 aliphatic rings. The van der Waals surface area contributed by atoms with E-state index in [-0.39, 0.29) is 0 Å². The SMILES string of the molecule is CCOc1nc2ccc(OCCC3CCN(c4nnc(C)c(C)n4)CC3)cc2o1. The maximum atomic E-state index is 5.95. The Labute approximate surface area is 170 Å². The molecule has 1 fully saturated rings. The lowest BCUT2D eigenvalue weighted by atomic mass is 9.94. The van der Waals surface area contributed by atoms with Crippen LogP contribution >= 0.6 is 0 Å². The Bertz CT molecular complexity index is 966. The highest BCUT2D eigenvalue weighted by molar-refractivity contribution is 5.74. The third-order valence-corrected chi connectivity index (χ3v) is 5.38. The monoisotopic (exact) mass is 397 g/mol. The average Bonchev–Trinajstić information content (AvgIpc) is 3.13. The number of hydrogen-bond donors (Lipinski definition) is 0. The smallest absolute Gasteiger partial charge is 0.394 e. The van der Waals surface area contributed by atoms with Crippen molar-refractivity contribution in [3.8, 4) is 11.8 Å². The van der Waals surface area contributed by atoms with E-state index in [2.05, 4.69) is 25.1 Å². The lowest BCUT2D eigenvalue weighted by Gasteiger charge is -2.31. The molecule has 154 valence electrons. The summed E-state index contributed by atoms with van der Waals surface area (Å²) in [6.45, 7) is 8.94. The minimum Gasteiger partial charge on any atom is -0.493 e. The van der Waals surface area contributed by atoms with Crippen LogP contribution in [-0.2, 0) is 0 Å². The van der Waals surface area contributed by atoms with E-state index in [0.29, 0.717) is 30.8 Å². The van der Waals surface area contributed by atoms with Crippen molar-refractivity contribution in [2.45, 2.75) is 40.0 Å². The molecule has 3 heterocycles. The van der Waals surface area contributed by atoms with E-state index in [4.69, 9.17) is 13.9 Å². The first-order chi connectivity index (χ1) is 14.1. The second-order valence-corrected chi connectivity index (χ2v) is 7.39. The topological polar surface area (TPSA) is 86.4 Å². The van der Waals surface area contributed by atoms with Gasteiger partial charge in [0, 0.05) is 19.2 Å². The van der Waals surface area contributed by atoms with Crippen LogP contribution in [-0.4, -0.2) is 46.5 Å². The van der Waals surface area contributed by atoms with E-state index in [1.165, 1.54) is 0 Å². The van der Waals surface area contributed by atoms with Gasteiger partial charge in [0.25, 0.3) is 0 Å². The summed E-state index contributed by atoms with van der Waals surface area (Å²) in [4.78, 5) is 11.1. The van der Waals surface area contributed by atoms with Crippen LogP contribution < -0.4 is 14.4 Å². The molecule has 1 aliphatic heterocycles. The van der Waals surface area contributed by atoms with Gasteiger partial charge in [-0.2, -0.15) is 10.1 Å². The molecule has 8 nitrogen and oxygen atoms in total. The minimum absolute atomic E-state index is 0.300. The molecule has 1 aromatic carbocycles. The van der Waals surface area contributed by atoms with Crippen molar-refractivity contribution in [1.82, 2.24) is 20.2 Å². The third kappa shape index (κ3) is 4.58. The first-order valence-electron chi connectivity index (χ1n) is 10.2. The molecule has 0 amide bonds. The fourth-order valence-electron chi connectivity index (χ4n) is 3.50. The molecule has 2 aromatic heterocycles. The summed E-state index contributed by atoms with van der Waals surface area (Å²) in [5, 5.41) is 8.44. The number of ether oxygens (including phenoxy) is 2. The highest BCUT2D eigenvalue weighted by Crippen LogP contribution is 2.26. The van der Waals surface area contributed by atoms with E-state index in [9.17, 15) is 0 Å². The standard InChI is InChI=1S/C21H27N5O3/c1-4-27-21-23-18-6-5-17(13-19(18)29-21)28-12-9-16-7-10-26(11-8-16)20-22-14(2)15(3)24-25-20/h5-6,13,16H,4,7-12H2,1-3H3. The van der Waals surface area contributed by atoms with Crippen molar-refractivity contribution in [3.05, 3.63) is 29.6 Å². The minimum atomic E-state index is 0.300. The van der Waals surface area contributed by atoms with Gasteiger partial charge in [-0.05, 0) is 58.1 Å². The van der Waals surface area contributed by atoms with Gasteiger partial charge in [-0.1, -0.05) is 0 Å². The number of rotatable bonds is 7. The maximum absolute atomic E-state index is 5.95. The van der Waals surface area contributed by atoms with Crippen LogP contribution in [0, 0.1) is 19.8 Å². The maximum Gasteiger partial charge on any atom is 0.394 e. The number of hydrogen-bond acceptors (Lipinski definition) is 8. The normalized spacial score (nSPS) is 15.1. The molecule has 3 aromatic rings. The van der Waals surface area contributed by atoms with Gasteiger partial charge >= 0.3 is 6.08 Å². The van der Waals surface area contributed by atoms with Crippen molar-refractivity contribution in [2.24, 2.45) is 5.92 Å². The first-order valence-corrected chi connectivity index (χ1v) is 10.2. The number of nitrogens with zero attached hydrogens (tertiary/aromatic N) is 5. The summed E-state index contributed by atoms with van der Waals surface area (Å²) in [5.74, 6) is 2.18. The highest BCUT2D eigenvalue weighted by atomic mass is 16.6. The lowest BCUT2D eigenvalue weighted by molar-refractivity contribution is 0.250. The molecule has 0 radical (unpaired) electrons. The van der Waals surface area contributed by atoms with Crippen LogP contribution in [0.5, 0.6) is 11.8 Å². The summed E-state index contributed by atoms with van der Waals surface area (Å²) >= 11 is 0. The number of aryl methyl sites for hydroxylation is 2. The van der Waals surface area contributed by atoms with Gasteiger partial charge in [-0.25, -0.2) is 4.98 Å². The van der Waals surface area contributed by atoms with Crippen molar-refractivity contribution in [1.29, 1.82) is 0 Å². The molecule has 0 bridgehead atoms. The average molecular weight is 397 g/mol. The summed E-state index contributed by atoms with van der Waals surface area (Å²) in [6, 6.07) is 5.69. The van der Waals surface area contributed by atoms with E-state index in [0.717, 1.165) is 61.0 Å². The molecule has 0 spiro atoms. The van der Waals surface area contributed by atoms with Crippen molar-refractivity contribution < 1.29 is 13.9 Å². The van der Waals surface area contributed by atoms with Crippen LogP contribution in [0.15, 0.2) is 22.6 Å². The van der Waals surface area contributed by atoms with Crippen molar-refractivity contribution in [3.63, 3.8) is 0 Å². The van der Waals surface area contributed by atoms with E-state index in [1.807, 2.05) is 39.0 Å². The van der Waals surface area contributed by atoms with E-state index < -0.39 is 0 Å². The van der Waals surface area contributed by atoms with Crippen LogP contribution in [0.4, 0.5) is 5.95 Å². The van der Waals surface area contributed by atoms with Gasteiger partial charge in [0.1, 0.15) is 11.3 Å². The molecule has 0 N–H and O–H groups in total. The van der Waals surface area contributed by atoms with E-state index >= 15 is 0 Å².